The molecule has 4 aromatic rings. The number of hydrogen-bond donors (Lipinski definition) is 0. The Balaban J connectivity index is 1.40. The molecule has 5 rings (SSSR count). The molecule has 1 fully saturated rings. The van der Waals surface area contributed by atoms with Gasteiger partial charge in [0.05, 0.1) is 23.0 Å². The summed E-state index contributed by atoms with van der Waals surface area (Å²) in [5.41, 5.74) is 2.78. The van der Waals surface area contributed by atoms with Gasteiger partial charge in [0.2, 0.25) is 0 Å². The smallest absolute Gasteiger partial charge is 0.293 e. The quantitative estimate of drug-likeness (QED) is 0.219. The van der Waals surface area contributed by atoms with Crippen molar-refractivity contribution in [2.45, 2.75) is 13.1 Å². The number of para-hydroxylation sites is 1. The molecule has 0 saturated carbocycles. The van der Waals surface area contributed by atoms with Crippen LogP contribution in [0.2, 0.25) is 5.02 Å². The lowest BCUT2D eigenvalue weighted by Gasteiger charge is -2.12. The molecule has 8 heteroatoms. The van der Waals surface area contributed by atoms with E-state index in [1.54, 1.807) is 12.1 Å². The number of ether oxygens (including phenoxy) is 1. The molecule has 0 N–H and O–H groups in total. The largest absolute Gasteiger partial charge is 0.490 e. The van der Waals surface area contributed by atoms with Gasteiger partial charge in [-0.25, -0.2) is 0 Å². The lowest BCUT2D eigenvalue weighted by atomic mass is 10.1. The van der Waals surface area contributed by atoms with E-state index in [4.69, 9.17) is 16.3 Å². The van der Waals surface area contributed by atoms with Gasteiger partial charge in [-0.3, -0.25) is 14.5 Å². The Kier molecular flexibility index (Phi) is 7.00. The second kappa shape index (κ2) is 10.3. The number of hydrogen-bond acceptors (Lipinski definition) is 4. The molecule has 1 aliphatic rings. The number of aromatic nitrogens is 1. The fraction of sp³-hybridized carbons (Fsp3) is 0.111. The Hall–Kier alpha value is -3.00. The summed E-state index contributed by atoms with van der Waals surface area (Å²) in [4.78, 5) is 27.4. The molecule has 5 nitrogen and oxygen atoms in total. The molecule has 0 atom stereocenters. The number of benzene rings is 3. The molecule has 2 amide bonds. The van der Waals surface area contributed by atoms with Gasteiger partial charge >= 0.3 is 0 Å². The first-order chi connectivity index (χ1) is 17.0. The Labute approximate surface area is 220 Å². The minimum Gasteiger partial charge on any atom is -0.490 e. The fourth-order valence-corrected chi connectivity index (χ4v) is 5.34. The van der Waals surface area contributed by atoms with Crippen LogP contribution in [0, 0.1) is 0 Å². The molecular weight excluding hydrogens is 548 g/mol. The fourth-order valence-electron chi connectivity index (χ4n) is 3.96. The van der Waals surface area contributed by atoms with Crippen LogP contribution < -0.4 is 4.74 Å². The van der Waals surface area contributed by atoms with Crippen LogP contribution in [0.15, 0.2) is 88.4 Å². The van der Waals surface area contributed by atoms with Gasteiger partial charge in [0, 0.05) is 27.1 Å². The molecule has 1 aliphatic heterocycles. The average Bonchev–Trinajstić information content (AvgIpc) is 3.32. The Morgan fingerprint density at radius 1 is 1.00 bits per heavy atom. The third kappa shape index (κ3) is 5.17. The maximum absolute atomic E-state index is 13.1. The summed E-state index contributed by atoms with van der Waals surface area (Å²) >= 11 is 10.7. The third-order valence-electron chi connectivity index (χ3n) is 5.64. The van der Waals surface area contributed by atoms with Crippen LogP contribution in [0.1, 0.15) is 11.1 Å². The Bertz CT molecular complexity index is 1450. The second-order valence-corrected chi connectivity index (χ2v) is 10.3. The van der Waals surface area contributed by atoms with Gasteiger partial charge in [-0.1, -0.05) is 70.0 Å². The number of carbonyl (C=O) groups is 2. The van der Waals surface area contributed by atoms with Gasteiger partial charge in [0.15, 0.2) is 0 Å². The molecular formula is C27H20BrClN2O3S. The van der Waals surface area contributed by atoms with Gasteiger partial charge in [-0.15, -0.1) is 0 Å². The molecule has 0 unspecified atom stereocenters. The van der Waals surface area contributed by atoms with E-state index in [0.717, 1.165) is 38.3 Å². The van der Waals surface area contributed by atoms with Crippen LogP contribution in [-0.4, -0.2) is 27.2 Å². The topological polar surface area (TPSA) is 51.5 Å². The van der Waals surface area contributed by atoms with E-state index in [1.807, 2.05) is 72.9 Å². The van der Waals surface area contributed by atoms with Crippen LogP contribution in [0.4, 0.5) is 4.79 Å². The summed E-state index contributed by atoms with van der Waals surface area (Å²) in [5, 5.41) is 1.29. The Morgan fingerprint density at radius 3 is 2.57 bits per heavy atom. The van der Waals surface area contributed by atoms with Gasteiger partial charge in [0.25, 0.3) is 11.1 Å². The normalized spacial score (nSPS) is 14.9. The van der Waals surface area contributed by atoms with Crippen molar-refractivity contribution in [1.82, 2.24) is 9.47 Å². The van der Waals surface area contributed by atoms with Crippen LogP contribution in [0.3, 0.4) is 0 Å². The summed E-state index contributed by atoms with van der Waals surface area (Å²) < 4.78 is 8.89. The molecule has 0 bridgehead atoms. The highest BCUT2D eigenvalue weighted by molar-refractivity contribution is 9.10. The minimum absolute atomic E-state index is 0.259. The zero-order chi connectivity index (χ0) is 24.4. The van der Waals surface area contributed by atoms with E-state index < -0.39 is 0 Å². The Morgan fingerprint density at radius 2 is 1.77 bits per heavy atom. The molecule has 0 aliphatic carbocycles. The van der Waals surface area contributed by atoms with Crippen molar-refractivity contribution in [2.75, 3.05) is 6.61 Å². The van der Waals surface area contributed by atoms with E-state index in [-0.39, 0.29) is 17.7 Å². The van der Waals surface area contributed by atoms with Crippen LogP contribution in [0.25, 0.3) is 17.0 Å². The van der Waals surface area contributed by atoms with Crippen molar-refractivity contribution in [1.29, 1.82) is 0 Å². The van der Waals surface area contributed by atoms with E-state index in [0.29, 0.717) is 28.8 Å². The van der Waals surface area contributed by atoms with Gasteiger partial charge in [0.1, 0.15) is 12.4 Å². The summed E-state index contributed by atoms with van der Waals surface area (Å²) in [6, 6.07) is 22.9. The van der Waals surface area contributed by atoms with E-state index in [2.05, 4.69) is 20.5 Å². The SMILES string of the molecule is O=C1S/C(=C\c2cn(CCOc3ccccc3Cl)c3ccc(Br)cc23)C(=O)N1Cc1ccccc1. The van der Waals surface area contributed by atoms with Crippen molar-refractivity contribution >= 4 is 67.4 Å². The number of amides is 2. The maximum Gasteiger partial charge on any atom is 0.293 e. The van der Waals surface area contributed by atoms with Crippen molar-refractivity contribution in [2.24, 2.45) is 0 Å². The molecule has 35 heavy (non-hydrogen) atoms. The zero-order valence-corrected chi connectivity index (χ0v) is 21.6. The van der Waals surface area contributed by atoms with Crippen molar-refractivity contribution < 1.29 is 14.3 Å². The highest BCUT2D eigenvalue weighted by atomic mass is 79.9. The monoisotopic (exact) mass is 566 g/mol. The van der Waals surface area contributed by atoms with Crippen molar-refractivity contribution in [3.63, 3.8) is 0 Å². The van der Waals surface area contributed by atoms with Crippen LogP contribution in [0.5, 0.6) is 5.75 Å². The molecule has 1 aromatic heterocycles. The summed E-state index contributed by atoms with van der Waals surface area (Å²) in [6.45, 7) is 1.28. The van der Waals surface area contributed by atoms with Gasteiger partial charge in [-0.05, 0) is 53.7 Å². The number of imide groups is 1. The van der Waals surface area contributed by atoms with Crippen LogP contribution >= 0.6 is 39.3 Å². The number of nitrogens with zero attached hydrogens (tertiary/aromatic N) is 2. The average molecular weight is 568 g/mol. The van der Waals surface area contributed by atoms with Crippen molar-refractivity contribution in [3.05, 3.63) is 105 Å². The summed E-state index contributed by atoms with van der Waals surface area (Å²) in [7, 11) is 0. The number of fused-ring (bicyclic) bond motifs is 1. The summed E-state index contributed by atoms with van der Waals surface area (Å²) in [6.07, 6.45) is 3.79. The maximum atomic E-state index is 13.1. The first-order valence-corrected chi connectivity index (χ1v) is 12.9. The first-order valence-electron chi connectivity index (χ1n) is 10.9. The lowest BCUT2D eigenvalue weighted by molar-refractivity contribution is -0.123. The molecule has 176 valence electrons. The minimum atomic E-state index is -0.276. The molecule has 0 spiro atoms. The number of halogens is 2. The third-order valence-corrected chi connectivity index (χ3v) is 7.36. The van der Waals surface area contributed by atoms with Crippen molar-refractivity contribution in [3.8, 4) is 5.75 Å². The summed E-state index contributed by atoms with van der Waals surface area (Å²) in [5.74, 6) is 0.363. The van der Waals surface area contributed by atoms with Gasteiger partial charge in [-0.2, -0.15) is 0 Å². The highest BCUT2D eigenvalue weighted by Crippen LogP contribution is 2.35. The molecule has 2 heterocycles. The van der Waals surface area contributed by atoms with Gasteiger partial charge < -0.3 is 9.30 Å². The van der Waals surface area contributed by atoms with Crippen LogP contribution in [-0.2, 0) is 17.9 Å². The zero-order valence-electron chi connectivity index (χ0n) is 18.5. The number of rotatable bonds is 7. The predicted octanol–water partition coefficient (Wildman–Crippen LogP) is 7.37. The standard InChI is InChI=1S/C27H20BrClN2O3S/c28-20-10-11-23-21(15-20)19(17-30(23)12-13-34-24-9-5-4-8-22(24)29)14-25-26(32)31(27(33)35-25)16-18-6-2-1-3-7-18/h1-11,14-15,17H,12-13,16H2/b25-14-. The highest BCUT2D eigenvalue weighted by Gasteiger charge is 2.35. The lowest BCUT2D eigenvalue weighted by Crippen LogP contribution is -2.27. The first kappa shape index (κ1) is 23.7. The number of thioether (sulfide) groups is 1. The molecule has 0 radical (unpaired) electrons. The second-order valence-electron chi connectivity index (χ2n) is 7.97. The predicted molar refractivity (Wildman–Crippen MR) is 145 cm³/mol. The molecule has 1 saturated heterocycles. The van der Waals surface area contributed by atoms with E-state index in [9.17, 15) is 9.59 Å². The van der Waals surface area contributed by atoms with E-state index >= 15 is 0 Å². The van der Waals surface area contributed by atoms with E-state index in [1.165, 1.54) is 4.90 Å². The molecule has 3 aromatic carbocycles. The number of carbonyl (C=O) groups excluding carboxylic acids is 2.